The maximum Gasteiger partial charge on any atom is 0.0619 e. The van der Waals surface area contributed by atoms with E-state index in [0.717, 1.165) is 6.42 Å². The van der Waals surface area contributed by atoms with Gasteiger partial charge in [-0.3, -0.25) is 0 Å². The van der Waals surface area contributed by atoms with E-state index in [1.807, 2.05) is 0 Å². The van der Waals surface area contributed by atoms with Gasteiger partial charge in [-0.25, -0.2) is 0 Å². The zero-order valence-corrected chi connectivity index (χ0v) is 6.13. The average Bonchev–Trinajstić information content (AvgIpc) is 1.69. The minimum atomic E-state index is 0.489. The number of hydrogen-bond donors (Lipinski definition) is 0. The van der Waals surface area contributed by atoms with Crippen molar-refractivity contribution in [2.75, 3.05) is 6.61 Å². The first-order valence-electron chi connectivity index (χ1n) is 1.92. The molecular weight excluding hydrogens is 126 g/mol. The molecule has 1 nitrogen and oxygen atoms in total. The largest absolute Gasteiger partial charge is 0.357 e. The fourth-order valence-corrected chi connectivity index (χ4v) is 0.742. The van der Waals surface area contributed by atoms with E-state index >= 15 is 0 Å². The van der Waals surface area contributed by atoms with Crippen LogP contribution in [0.4, 0.5) is 0 Å². The van der Waals surface area contributed by atoms with E-state index in [-0.39, 0.29) is 0 Å². The summed E-state index contributed by atoms with van der Waals surface area (Å²) in [6.07, 6.45) is 5.66. The van der Waals surface area contributed by atoms with E-state index in [1.54, 1.807) is 0 Å². The molecule has 0 saturated heterocycles. The molecule has 0 bridgehead atoms. The van der Waals surface area contributed by atoms with Crippen LogP contribution in [0.15, 0.2) is 0 Å². The summed E-state index contributed by atoms with van der Waals surface area (Å²) in [6, 6.07) is 0. The third kappa shape index (κ3) is 6.38. The Morgan fingerprint density at radius 3 is 3.00 bits per heavy atom. The van der Waals surface area contributed by atoms with Crippen molar-refractivity contribution in [1.29, 1.82) is 0 Å². The normalized spacial score (nSPS) is 9.71. The quantitative estimate of drug-likeness (QED) is 0.322. The fraction of sp³-hybridized carbons (Fsp3) is 0.500. The molecule has 0 aliphatic carbocycles. The van der Waals surface area contributed by atoms with Crippen molar-refractivity contribution in [2.45, 2.75) is 6.42 Å². The van der Waals surface area contributed by atoms with Crippen molar-refractivity contribution < 1.29 is 4.52 Å². The van der Waals surface area contributed by atoms with Crippen LogP contribution in [0.1, 0.15) is 6.42 Å². The molecule has 40 valence electrons. The molecule has 0 fully saturated rings. The summed E-state index contributed by atoms with van der Waals surface area (Å²) < 4.78 is 4.92. The SMILES string of the molecule is C#CCCOPP. The average molecular weight is 134 g/mol. The standard InChI is InChI=1S/C4H8OP2/c1-2-3-4-5-7-6/h1,7H,3-4,6H2. The second-order valence-corrected chi connectivity index (χ2v) is 2.15. The summed E-state index contributed by atoms with van der Waals surface area (Å²) in [5, 5.41) is 0. The lowest BCUT2D eigenvalue weighted by Gasteiger charge is -1.90. The van der Waals surface area contributed by atoms with Gasteiger partial charge in [0.05, 0.1) is 6.61 Å². The minimum Gasteiger partial charge on any atom is -0.357 e. The van der Waals surface area contributed by atoms with Crippen LogP contribution in [-0.2, 0) is 4.52 Å². The van der Waals surface area contributed by atoms with Gasteiger partial charge in [-0.15, -0.1) is 12.3 Å². The summed E-state index contributed by atoms with van der Waals surface area (Å²) in [7, 11) is 2.98. The molecule has 0 saturated carbocycles. The number of rotatable bonds is 3. The Morgan fingerprint density at radius 1 is 1.86 bits per heavy atom. The Balaban J connectivity index is 2.60. The van der Waals surface area contributed by atoms with Crippen molar-refractivity contribution in [1.82, 2.24) is 0 Å². The summed E-state index contributed by atoms with van der Waals surface area (Å²) in [5.41, 5.74) is 0. The van der Waals surface area contributed by atoms with Gasteiger partial charge in [0, 0.05) is 14.9 Å². The number of terminal acetylenes is 1. The molecule has 0 spiro atoms. The molecule has 0 amide bonds. The summed E-state index contributed by atoms with van der Waals surface area (Å²) in [6.45, 7) is 0.693. The zero-order valence-electron chi connectivity index (χ0n) is 3.98. The lowest BCUT2D eigenvalue weighted by atomic mass is 10.5. The van der Waals surface area contributed by atoms with Gasteiger partial charge < -0.3 is 4.52 Å². The van der Waals surface area contributed by atoms with Crippen LogP contribution in [0.2, 0.25) is 0 Å². The molecule has 0 aromatic heterocycles. The second kappa shape index (κ2) is 6.38. The highest BCUT2D eigenvalue weighted by Gasteiger charge is 1.75. The van der Waals surface area contributed by atoms with Gasteiger partial charge in [0.1, 0.15) is 0 Å². The van der Waals surface area contributed by atoms with Gasteiger partial charge in [-0.2, -0.15) is 0 Å². The van der Waals surface area contributed by atoms with Crippen molar-refractivity contribution in [3.63, 3.8) is 0 Å². The molecule has 0 aromatic carbocycles. The van der Waals surface area contributed by atoms with E-state index in [9.17, 15) is 0 Å². The van der Waals surface area contributed by atoms with Gasteiger partial charge in [-0.1, -0.05) is 8.93 Å². The first kappa shape index (κ1) is 7.38. The molecule has 0 heterocycles. The van der Waals surface area contributed by atoms with Crippen LogP contribution < -0.4 is 0 Å². The molecule has 0 aliphatic heterocycles. The second-order valence-electron chi connectivity index (χ2n) is 0.920. The first-order valence-corrected chi connectivity index (χ1v) is 4.64. The molecule has 0 aliphatic rings. The van der Waals surface area contributed by atoms with Crippen LogP contribution in [-0.4, -0.2) is 6.61 Å². The summed E-state index contributed by atoms with van der Waals surface area (Å²) >= 11 is 0. The van der Waals surface area contributed by atoms with Crippen molar-refractivity contribution in [3.8, 4) is 12.3 Å². The van der Waals surface area contributed by atoms with E-state index in [1.165, 1.54) is 0 Å². The Bertz CT molecular complexity index is 66.6. The van der Waals surface area contributed by atoms with Crippen molar-refractivity contribution in [2.24, 2.45) is 0 Å². The Morgan fingerprint density at radius 2 is 2.57 bits per heavy atom. The first-order chi connectivity index (χ1) is 3.41. The van der Waals surface area contributed by atoms with E-state index in [2.05, 4.69) is 14.8 Å². The summed E-state index contributed by atoms with van der Waals surface area (Å²) in [5.74, 6) is 2.47. The van der Waals surface area contributed by atoms with Crippen molar-refractivity contribution in [3.05, 3.63) is 0 Å². The Labute approximate surface area is 48.2 Å². The topological polar surface area (TPSA) is 9.23 Å². The highest BCUT2D eigenvalue weighted by Crippen LogP contribution is 2.20. The maximum absolute atomic E-state index is 4.94. The van der Waals surface area contributed by atoms with Crippen molar-refractivity contribution >= 4 is 17.4 Å². The lowest BCUT2D eigenvalue weighted by Crippen LogP contribution is -1.77. The van der Waals surface area contributed by atoms with Gasteiger partial charge in [0.15, 0.2) is 0 Å². The van der Waals surface area contributed by atoms with E-state index < -0.39 is 0 Å². The zero-order chi connectivity index (χ0) is 5.54. The molecule has 0 radical (unpaired) electrons. The molecule has 3 heteroatoms. The van der Waals surface area contributed by atoms with Crippen LogP contribution in [0.3, 0.4) is 0 Å². The van der Waals surface area contributed by atoms with Crippen LogP contribution >= 0.6 is 17.4 Å². The number of hydrogen-bond acceptors (Lipinski definition) is 1. The van der Waals surface area contributed by atoms with Gasteiger partial charge in [0.25, 0.3) is 0 Å². The fourth-order valence-electron chi connectivity index (χ4n) is 0.169. The molecule has 7 heavy (non-hydrogen) atoms. The molecule has 0 N–H and O–H groups in total. The Hall–Kier alpha value is 0.380. The van der Waals surface area contributed by atoms with Gasteiger partial charge in [0.2, 0.25) is 0 Å². The third-order valence-electron chi connectivity index (χ3n) is 0.432. The molecule has 2 unspecified atom stereocenters. The Kier molecular flexibility index (Phi) is 6.73. The molecule has 2 atom stereocenters. The molecular formula is C4H8OP2. The van der Waals surface area contributed by atoms with E-state index in [4.69, 9.17) is 10.9 Å². The third-order valence-corrected chi connectivity index (χ3v) is 1.30. The highest BCUT2D eigenvalue weighted by atomic mass is 32.0. The predicted molar refractivity (Wildman–Crippen MR) is 37.4 cm³/mol. The van der Waals surface area contributed by atoms with E-state index in [0.29, 0.717) is 15.1 Å². The monoisotopic (exact) mass is 134 g/mol. The summed E-state index contributed by atoms with van der Waals surface area (Å²) in [4.78, 5) is 0. The maximum atomic E-state index is 4.94. The van der Waals surface area contributed by atoms with Gasteiger partial charge in [-0.05, 0) is 0 Å². The smallest absolute Gasteiger partial charge is 0.0619 e. The van der Waals surface area contributed by atoms with Crippen LogP contribution in [0, 0.1) is 12.3 Å². The van der Waals surface area contributed by atoms with Crippen LogP contribution in [0.5, 0.6) is 0 Å². The lowest BCUT2D eigenvalue weighted by molar-refractivity contribution is 0.381. The predicted octanol–water partition coefficient (Wildman–Crippen LogP) is 1.41. The highest BCUT2D eigenvalue weighted by molar-refractivity contribution is 8.00. The van der Waals surface area contributed by atoms with Gasteiger partial charge >= 0.3 is 0 Å². The minimum absolute atomic E-state index is 0.489. The molecule has 0 aromatic rings. The molecule has 0 rings (SSSR count). The van der Waals surface area contributed by atoms with Crippen LogP contribution in [0.25, 0.3) is 0 Å².